The van der Waals surface area contributed by atoms with E-state index in [9.17, 15) is 0 Å². The predicted octanol–water partition coefficient (Wildman–Crippen LogP) is 0.812. The third-order valence-electron chi connectivity index (χ3n) is 3.78. The fraction of sp³-hybridized carbons (Fsp3) is 0.444. The summed E-state index contributed by atoms with van der Waals surface area (Å²) in [5.74, 6) is 0. The number of aromatic nitrogens is 2. The van der Waals surface area contributed by atoms with Gasteiger partial charge in [0.1, 0.15) is 0 Å². The van der Waals surface area contributed by atoms with Crippen LogP contribution in [0.5, 0.6) is 0 Å². The third-order valence-corrected chi connectivity index (χ3v) is 3.78. The summed E-state index contributed by atoms with van der Waals surface area (Å²) in [4.78, 5) is 0. The predicted molar refractivity (Wildman–Crippen MR) is 84.1 cm³/mol. The van der Waals surface area contributed by atoms with E-state index in [1.54, 1.807) is 0 Å². The van der Waals surface area contributed by atoms with Gasteiger partial charge in [-0.3, -0.25) is 0 Å². The van der Waals surface area contributed by atoms with E-state index in [2.05, 4.69) is 58.2 Å². The van der Waals surface area contributed by atoms with Crippen LogP contribution in [-0.4, -0.2) is 23.4 Å². The molecule has 0 unspecified atom stereocenters. The highest BCUT2D eigenvalue weighted by Gasteiger charge is 2.06. The molecule has 2 aromatic heterocycles. The van der Waals surface area contributed by atoms with Crippen LogP contribution in [0.4, 0.5) is 0 Å². The Kier molecular flexibility index (Phi) is 7.00. The topological polar surface area (TPSA) is 48.2 Å². The van der Waals surface area contributed by atoms with Crippen LogP contribution in [0.25, 0.3) is 0 Å². The zero-order valence-corrected chi connectivity index (χ0v) is 13.1. The first-order valence-electron chi connectivity index (χ1n) is 7.99. The van der Waals surface area contributed by atoms with Crippen molar-refractivity contribution in [1.29, 1.82) is 0 Å². The minimum atomic E-state index is 0.250. The van der Waals surface area contributed by atoms with Gasteiger partial charge in [-0.05, 0) is 36.8 Å². The van der Waals surface area contributed by atoms with Gasteiger partial charge in [0.05, 0.1) is 0 Å². The number of pyridine rings is 2. The van der Waals surface area contributed by atoms with Gasteiger partial charge in [0.15, 0.2) is 24.8 Å². The first kappa shape index (κ1) is 16.6. The summed E-state index contributed by atoms with van der Waals surface area (Å²) >= 11 is 0. The highest BCUT2D eigenvalue weighted by molar-refractivity contribution is 5.07. The van der Waals surface area contributed by atoms with Gasteiger partial charge < -0.3 is 10.2 Å². The van der Waals surface area contributed by atoms with E-state index in [4.69, 9.17) is 10.2 Å². The standard InChI is InChI=1S/C18H26N2O2/c21-15-1-3-17-5-9-19(10-6-17)13-14-20-11-7-18(8-12-20)4-2-16-22/h5-12,21-22H,1-4,13-16H2/q+2. The average Bonchev–Trinajstić information content (AvgIpc) is 2.58. The van der Waals surface area contributed by atoms with Gasteiger partial charge in [0, 0.05) is 37.5 Å². The van der Waals surface area contributed by atoms with E-state index in [1.165, 1.54) is 11.1 Å². The van der Waals surface area contributed by atoms with E-state index in [1.807, 2.05) is 0 Å². The SMILES string of the molecule is OCCCc1cc[n+](CC[n+]2ccc(CCCO)cc2)cc1. The summed E-state index contributed by atoms with van der Waals surface area (Å²) < 4.78 is 4.35. The molecule has 0 aromatic carbocycles. The maximum absolute atomic E-state index is 8.84. The molecule has 0 bridgehead atoms. The molecule has 0 radical (unpaired) electrons. The van der Waals surface area contributed by atoms with Crippen LogP contribution in [0.15, 0.2) is 49.1 Å². The third kappa shape index (κ3) is 5.54. The first-order chi connectivity index (χ1) is 10.8. The van der Waals surface area contributed by atoms with Gasteiger partial charge in [-0.2, -0.15) is 9.13 Å². The van der Waals surface area contributed by atoms with E-state index >= 15 is 0 Å². The Hall–Kier alpha value is -1.78. The van der Waals surface area contributed by atoms with Crippen molar-refractivity contribution in [3.05, 3.63) is 60.2 Å². The molecule has 0 saturated carbocycles. The molecule has 2 rings (SSSR count). The minimum Gasteiger partial charge on any atom is -0.396 e. The molecule has 22 heavy (non-hydrogen) atoms. The molecule has 0 aliphatic rings. The number of hydrogen-bond donors (Lipinski definition) is 2. The molecule has 0 amide bonds. The van der Waals surface area contributed by atoms with Gasteiger partial charge >= 0.3 is 0 Å². The van der Waals surface area contributed by atoms with Crippen molar-refractivity contribution in [3.8, 4) is 0 Å². The van der Waals surface area contributed by atoms with Crippen LogP contribution in [0.3, 0.4) is 0 Å². The lowest BCUT2D eigenvalue weighted by molar-refractivity contribution is -0.778. The average molecular weight is 302 g/mol. The molecule has 118 valence electrons. The number of nitrogens with zero attached hydrogens (tertiary/aromatic N) is 2. The van der Waals surface area contributed by atoms with Gasteiger partial charge in [0.25, 0.3) is 0 Å². The van der Waals surface area contributed by atoms with Crippen LogP contribution in [0, 0.1) is 0 Å². The van der Waals surface area contributed by atoms with Crippen LogP contribution in [0.2, 0.25) is 0 Å². The molecule has 0 fully saturated rings. The van der Waals surface area contributed by atoms with E-state index < -0.39 is 0 Å². The van der Waals surface area contributed by atoms with Crippen molar-refractivity contribution in [1.82, 2.24) is 0 Å². The maximum atomic E-state index is 8.84. The summed E-state index contributed by atoms with van der Waals surface area (Å²) in [6, 6.07) is 8.49. The Bertz CT molecular complexity index is 487. The number of aliphatic hydroxyl groups is 2. The van der Waals surface area contributed by atoms with Crippen molar-refractivity contribution in [2.24, 2.45) is 0 Å². The number of aliphatic hydroxyl groups excluding tert-OH is 2. The van der Waals surface area contributed by atoms with Gasteiger partial charge in [-0.1, -0.05) is 0 Å². The fourth-order valence-electron chi connectivity index (χ4n) is 2.41. The molecule has 2 N–H and O–H groups in total. The van der Waals surface area contributed by atoms with Crippen LogP contribution in [0.1, 0.15) is 24.0 Å². The molecule has 0 spiro atoms. The molecule has 4 heteroatoms. The second kappa shape index (κ2) is 9.28. The Morgan fingerprint density at radius 2 is 1.00 bits per heavy atom. The van der Waals surface area contributed by atoms with Crippen molar-refractivity contribution >= 4 is 0 Å². The van der Waals surface area contributed by atoms with E-state index in [0.717, 1.165) is 38.8 Å². The van der Waals surface area contributed by atoms with Crippen LogP contribution in [-0.2, 0) is 25.9 Å². The molecule has 4 nitrogen and oxygen atoms in total. The zero-order valence-electron chi connectivity index (χ0n) is 13.1. The maximum Gasteiger partial charge on any atom is 0.206 e. The highest BCUT2D eigenvalue weighted by atomic mass is 16.3. The summed E-state index contributed by atoms with van der Waals surface area (Å²) in [6.07, 6.45) is 11.9. The quantitative estimate of drug-likeness (QED) is 0.674. The van der Waals surface area contributed by atoms with Crippen molar-refractivity contribution in [3.63, 3.8) is 0 Å². The Labute approximate surface area is 132 Å². The smallest absolute Gasteiger partial charge is 0.206 e. The number of aryl methyl sites for hydroxylation is 4. The summed E-state index contributed by atoms with van der Waals surface area (Å²) in [6.45, 7) is 2.36. The van der Waals surface area contributed by atoms with Crippen LogP contribution >= 0.6 is 0 Å². The molecule has 0 aliphatic carbocycles. The normalized spacial score (nSPS) is 10.8. The van der Waals surface area contributed by atoms with Crippen LogP contribution < -0.4 is 9.13 Å². The van der Waals surface area contributed by atoms with Gasteiger partial charge in [0.2, 0.25) is 13.1 Å². The Morgan fingerprint density at radius 1 is 0.636 bits per heavy atom. The largest absolute Gasteiger partial charge is 0.396 e. The molecule has 0 atom stereocenters. The molecular weight excluding hydrogens is 276 g/mol. The minimum absolute atomic E-state index is 0.250. The summed E-state index contributed by atoms with van der Waals surface area (Å²) in [5, 5.41) is 17.7. The highest BCUT2D eigenvalue weighted by Crippen LogP contribution is 2.00. The number of hydrogen-bond acceptors (Lipinski definition) is 2. The van der Waals surface area contributed by atoms with Gasteiger partial charge in [-0.25, -0.2) is 0 Å². The zero-order chi connectivity index (χ0) is 15.6. The van der Waals surface area contributed by atoms with Gasteiger partial charge in [-0.15, -0.1) is 0 Å². The molecular formula is C18H26N2O2+2. The fourth-order valence-corrected chi connectivity index (χ4v) is 2.41. The molecule has 2 heterocycles. The molecule has 0 saturated heterocycles. The second-order valence-electron chi connectivity index (χ2n) is 5.54. The van der Waals surface area contributed by atoms with E-state index in [0.29, 0.717) is 0 Å². The Balaban J connectivity index is 1.81. The van der Waals surface area contributed by atoms with E-state index in [-0.39, 0.29) is 13.2 Å². The second-order valence-corrected chi connectivity index (χ2v) is 5.54. The van der Waals surface area contributed by atoms with Crippen molar-refractivity contribution in [2.75, 3.05) is 13.2 Å². The van der Waals surface area contributed by atoms with Crippen molar-refractivity contribution in [2.45, 2.75) is 38.8 Å². The summed E-state index contributed by atoms with van der Waals surface area (Å²) in [5.41, 5.74) is 2.54. The lowest BCUT2D eigenvalue weighted by Gasteiger charge is -2.00. The molecule has 2 aromatic rings. The van der Waals surface area contributed by atoms with Crippen molar-refractivity contribution < 1.29 is 19.3 Å². The lowest BCUT2D eigenvalue weighted by atomic mass is 10.1. The number of rotatable bonds is 9. The lowest BCUT2D eigenvalue weighted by Crippen LogP contribution is -2.43. The first-order valence-corrected chi connectivity index (χ1v) is 7.99. The Morgan fingerprint density at radius 3 is 1.32 bits per heavy atom. The summed E-state index contributed by atoms with van der Waals surface area (Å²) in [7, 11) is 0. The molecule has 0 aliphatic heterocycles. The monoisotopic (exact) mass is 302 g/mol.